The Morgan fingerprint density at radius 3 is 2.58 bits per heavy atom. The molecule has 154 valence electrons. The lowest BCUT2D eigenvalue weighted by Crippen LogP contribution is -2.54. The molecular formula is C23H17N3O4S. The van der Waals surface area contributed by atoms with Crippen LogP contribution in [0.3, 0.4) is 0 Å². The van der Waals surface area contributed by atoms with Crippen LogP contribution in [0.4, 0.5) is 5.69 Å². The Kier molecular flexibility index (Phi) is 5.22. The monoisotopic (exact) mass is 431 g/mol. The van der Waals surface area contributed by atoms with Crippen molar-refractivity contribution >= 4 is 46.9 Å². The van der Waals surface area contributed by atoms with E-state index in [0.717, 1.165) is 16.2 Å². The van der Waals surface area contributed by atoms with E-state index in [1.807, 2.05) is 48.0 Å². The third-order valence-corrected chi connectivity index (χ3v) is 5.19. The van der Waals surface area contributed by atoms with Crippen molar-refractivity contribution in [2.45, 2.75) is 6.92 Å². The first-order valence-corrected chi connectivity index (χ1v) is 9.76. The number of amides is 2. The van der Waals surface area contributed by atoms with Crippen LogP contribution in [0.5, 0.6) is 0 Å². The van der Waals surface area contributed by atoms with Gasteiger partial charge in [0.25, 0.3) is 11.8 Å². The fourth-order valence-electron chi connectivity index (χ4n) is 3.38. The molecule has 0 spiro atoms. The molecule has 2 amide bonds. The first-order chi connectivity index (χ1) is 14.9. The summed E-state index contributed by atoms with van der Waals surface area (Å²) in [5.41, 5.74) is 2.75. The Labute approximate surface area is 183 Å². The highest BCUT2D eigenvalue weighted by molar-refractivity contribution is 7.80. The molecule has 7 nitrogen and oxygen atoms in total. The van der Waals surface area contributed by atoms with Crippen LogP contribution in [0, 0.1) is 6.92 Å². The first kappa shape index (κ1) is 20.2. The fraction of sp³-hybridized carbons (Fsp3) is 0.0435. The van der Waals surface area contributed by atoms with E-state index in [-0.39, 0.29) is 21.9 Å². The number of hydrogen-bond acceptors (Lipinski definition) is 4. The summed E-state index contributed by atoms with van der Waals surface area (Å²) in [5, 5.41) is 11.7. The summed E-state index contributed by atoms with van der Waals surface area (Å²) in [7, 11) is 0. The van der Waals surface area contributed by atoms with E-state index in [9.17, 15) is 19.5 Å². The van der Waals surface area contributed by atoms with Crippen molar-refractivity contribution in [3.63, 3.8) is 0 Å². The molecule has 0 bridgehead atoms. The zero-order valence-electron chi connectivity index (χ0n) is 16.4. The van der Waals surface area contributed by atoms with Gasteiger partial charge in [0.1, 0.15) is 5.57 Å². The highest BCUT2D eigenvalue weighted by atomic mass is 32.1. The second kappa shape index (κ2) is 8.00. The molecule has 0 atom stereocenters. The number of para-hydroxylation sites is 1. The van der Waals surface area contributed by atoms with Crippen molar-refractivity contribution in [3.8, 4) is 5.69 Å². The summed E-state index contributed by atoms with van der Waals surface area (Å²) in [5.74, 6) is -2.37. The van der Waals surface area contributed by atoms with Crippen LogP contribution in [-0.2, 0) is 9.59 Å². The molecule has 1 aromatic heterocycles. The molecule has 2 aromatic carbocycles. The molecule has 2 heterocycles. The number of aromatic carboxylic acids is 1. The molecule has 3 aromatic rings. The third-order valence-electron chi connectivity index (χ3n) is 4.90. The predicted octanol–water partition coefficient (Wildman–Crippen LogP) is 3.32. The van der Waals surface area contributed by atoms with Gasteiger partial charge in [0, 0.05) is 17.6 Å². The van der Waals surface area contributed by atoms with Crippen LogP contribution >= 0.6 is 12.2 Å². The van der Waals surface area contributed by atoms with Crippen LogP contribution < -0.4 is 10.2 Å². The first-order valence-electron chi connectivity index (χ1n) is 9.35. The lowest BCUT2D eigenvalue weighted by atomic mass is 10.1. The van der Waals surface area contributed by atoms with Crippen molar-refractivity contribution < 1.29 is 19.5 Å². The normalized spacial score (nSPS) is 15.3. The molecule has 8 heteroatoms. The van der Waals surface area contributed by atoms with Crippen LogP contribution in [0.25, 0.3) is 11.8 Å². The summed E-state index contributed by atoms with van der Waals surface area (Å²) in [6.45, 7) is 1.97. The average molecular weight is 431 g/mol. The van der Waals surface area contributed by atoms with Gasteiger partial charge in [-0.05, 0) is 67.2 Å². The fourth-order valence-corrected chi connectivity index (χ4v) is 3.66. The van der Waals surface area contributed by atoms with Crippen molar-refractivity contribution in [1.82, 2.24) is 9.88 Å². The van der Waals surface area contributed by atoms with E-state index in [1.54, 1.807) is 12.1 Å². The van der Waals surface area contributed by atoms with Gasteiger partial charge in [-0.2, -0.15) is 0 Å². The maximum Gasteiger partial charge on any atom is 0.335 e. The van der Waals surface area contributed by atoms with E-state index >= 15 is 0 Å². The molecule has 1 aliphatic rings. The summed E-state index contributed by atoms with van der Waals surface area (Å²) >= 11 is 5.19. The van der Waals surface area contributed by atoms with Crippen molar-refractivity contribution in [2.24, 2.45) is 0 Å². The minimum Gasteiger partial charge on any atom is -0.478 e. The van der Waals surface area contributed by atoms with E-state index in [0.29, 0.717) is 5.69 Å². The molecular weight excluding hydrogens is 414 g/mol. The van der Waals surface area contributed by atoms with E-state index in [2.05, 4.69) is 5.32 Å². The molecule has 4 rings (SSSR count). The van der Waals surface area contributed by atoms with E-state index in [4.69, 9.17) is 12.2 Å². The number of nitrogens with one attached hydrogen (secondary N) is 1. The Hall–Kier alpha value is -4.04. The van der Waals surface area contributed by atoms with E-state index in [1.165, 1.54) is 24.3 Å². The number of carbonyl (C=O) groups excluding carboxylic acids is 2. The SMILES string of the molecule is Cc1ccccc1-n1cccc1C=C1C(=O)NC(=S)N(c2cccc(C(=O)O)c2)C1=O. The number of thiocarbonyl (C=S) groups is 1. The number of anilines is 1. The molecule has 0 unspecified atom stereocenters. The summed E-state index contributed by atoms with van der Waals surface area (Å²) in [4.78, 5) is 38.2. The number of carboxylic acid groups (broad SMARTS) is 1. The zero-order valence-corrected chi connectivity index (χ0v) is 17.2. The van der Waals surface area contributed by atoms with Gasteiger partial charge in [0.05, 0.1) is 11.3 Å². The van der Waals surface area contributed by atoms with Crippen molar-refractivity contribution in [1.29, 1.82) is 0 Å². The molecule has 0 radical (unpaired) electrons. The lowest BCUT2D eigenvalue weighted by Gasteiger charge is -2.29. The molecule has 31 heavy (non-hydrogen) atoms. The Bertz CT molecular complexity index is 1280. The number of nitrogens with zero attached hydrogens (tertiary/aromatic N) is 2. The highest BCUT2D eigenvalue weighted by Crippen LogP contribution is 2.24. The number of carboxylic acids is 1. The van der Waals surface area contributed by atoms with Gasteiger partial charge in [-0.25, -0.2) is 4.79 Å². The largest absolute Gasteiger partial charge is 0.478 e. The lowest BCUT2D eigenvalue weighted by molar-refractivity contribution is -0.122. The van der Waals surface area contributed by atoms with Crippen LogP contribution in [-0.4, -0.2) is 32.6 Å². The van der Waals surface area contributed by atoms with E-state index < -0.39 is 17.8 Å². The Morgan fingerprint density at radius 1 is 1.06 bits per heavy atom. The van der Waals surface area contributed by atoms with Crippen LogP contribution in [0.2, 0.25) is 0 Å². The van der Waals surface area contributed by atoms with Gasteiger partial charge in [-0.1, -0.05) is 24.3 Å². The number of aryl methyl sites for hydroxylation is 1. The average Bonchev–Trinajstić information content (AvgIpc) is 3.19. The Balaban J connectivity index is 1.77. The van der Waals surface area contributed by atoms with Crippen LogP contribution in [0.15, 0.2) is 72.4 Å². The second-order valence-electron chi connectivity index (χ2n) is 6.90. The summed E-state index contributed by atoms with van der Waals surface area (Å²) < 4.78 is 1.88. The molecule has 0 aliphatic carbocycles. The van der Waals surface area contributed by atoms with Crippen LogP contribution in [0.1, 0.15) is 21.6 Å². The smallest absolute Gasteiger partial charge is 0.335 e. The van der Waals surface area contributed by atoms with Crippen molar-refractivity contribution in [3.05, 3.63) is 89.3 Å². The zero-order chi connectivity index (χ0) is 22.1. The van der Waals surface area contributed by atoms with Gasteiger partial charge in [0.15, 0.2) is 5.11 Å². The topological polar surface area (TPSA) is 91.6 Å². The van der Waals surface area contributed by atoms with Crippen molar-refractivity contribution in [2.75, 3.05) is 4.90 Å². The molecule has 1 fully saturated rings. The van der Waals surface area contributed by atoms with Gasteiger partial charge < -0.3 is 9.67 Å². The maximum absolute atomic E-state index is 13.2. The van der Waals surface area contributed by atoms with Gasteiger partial charge in [-0.15, -0.1) is 0 Å². The number of rotatable bonds is 4. The quantitative estimate of drug-likeness (QED) is 0.376. The summed E-state index contributed by atoms with van der Waals surface area (Å²) in [6.07, 6.45) is 3.35. The minimum absolute atomic E-state index is 0.00367. The molecule has 0 saturated carbocycles. The minimum atomic E-state index is -1.13. The number of aromatic nitrogens is 1. The number of benzene rings is 2. The number of carbonyl (C=O) groups is 3. The standard InChI is InChI=1S/C23H17N3O4S/c1-14-6-2-3-10-19(14)25-11-5-9-16(25)13-18-20(27)24-23(31)26(21(18)28)17-8-4-7-15(12-17)22(29)30/h2-13H,1H3,(H,29,30)(H,24,27,31). The molecule has 1 aliphatic heterocycles. The van der Waals surface area contributed by atoms with Gasteiger partial charge in [-0.3, -0.25) is 19.8 Å². The second-order valence-corrected chi connectivity index (χ2v) is 7.29. The predicted molar refractivity (Wildman–Crippen MR) is 120 cm³/mol. The summed E-state index contributed by atoms with van der Waals surface area (Å²) in [6, 6.07) is 17.2. The molecule has 2 N–H and O–H groups in total. The van der Waals surface area contributed by atoms with Gasteiger partial charge in [0.2, 0.25) is 0 Å². The highest BCUT2D eigenvalue weighted by Gasteiger charge is 2.35. The van der Waals surface area contributed by atoms with Gasteiger partial charge >= 0.3 is 5.97 Å². The molecule has 1 saturated heterocycles. The third kappa shape index (κ3) is 3.76. The Morgan fingerprint density at radius 2 is 1.84 bits per heavy atom. The maximum atomic E-state index is 13.2. The number of hydrogen-bond donors (Lipinski definition) is 2.